The van der Waals surface area contributed by atoms with Crippen molar-refractivity contribution in [3.63, 3.8) is 0 Å². The molecular weight excluding hydrogens is 462 g/mol. The van der Waals surface area contributed by atoms with E-state index in [1.165, 1.54) is 16.3 Å². The number of nitrogens with zero attached hydrogens (tertiary/aromatic N) is 3. The number of hydrogen-bond acceptors (Lipinski definition) is 6. The lowest BCUT2D eigenvalue weighted by Gasteiger charge is -2.37. The molecule has 1 aromatic heterocycles. The van der Waals surface area contributed by atoms with E-state index in [1.54, 1.807) is 19.2 Å². The zero-order valence-electron chi connectivity index (χ0n) is 20.9. The Hall–Kier alpha value is -2.26. The van der Waals surface area contributed by atoms with Crippen LogP contribution in [0.4, 0.5) is 0 Å². The Kier molecular flexibility index (Phi) is 8.27. The molecule has 0 saturated heterocycles. The summed E-state index contributed by atoms with van der Waals surface area (Å²) in [5, 5.41) is 9.85. The third-order valence-electron chi connectivity index (χ3n) is 6.98. The summed E-state index contributed by atoms with van der Waals surface area (Å²) in [6.45, 7) is 5.09. The van der Waals surface area contributed by atoms with Crippen molar-refractivity contribution < 1.29 is 18.3 Å². The van der Waals surface area contributed by atoms with E-state index in [4.69, 9.17) is 4.74 Å². The summed E-state index contributed by atoms with van der Waals surface area (Å²) in [5.74, 6) is 0.308. The fraction of sp³-hybridized carbons (Fsp3) is 0.519. The van der Waals surface area contributed by atoms with Crippen LogP contribution in [0.2, 0.25) is 0 Å². The van der Waals surface area contributed by atoms with Gasteiger partial charge in [0.15, 0.2) is 0 Å². The molecule has 1 aliphatic carbocycles. The second-order valence-electron chi connectivity index (χ2n) is 9.89. The molecule has 1 N–H and O–H groups in total. The van der Waals surface area contributed by atoms with Crippen LogP contribution in [0.15, 0.2) is 53.6 Å². The van der Waals surface area contributed by atoms with Crippen molar-refractivity contribution in [3.05, 3.63) is 59.9 Å². The van der Waals surface area contributed by atoms with Gasteiger partial charge in [-0.05, 0) is 75.1 Å². The highest BCUT2D eigenvalue weighted by Crippen LogP contribution is 2.37. The largest absolute Gasteiger partial charge is 0.487 e. The highest BCUT2D eigenvalue weighted by Gasteiger charge is 2.38. The van der Waals surface area contributed by atoms with E-state index in [9.17, 15) is 13.5 Å². The van der Waals surface area contributed by atoms with Gasteiger partial charge in [0.1, 0.15) is 16.7 Å². The summed E-state index contributed by atoms with van der Waals surface area (Å²) in [4.78, 5) is 6.75. The van der Waals surface area contributed by atoms with Crippen molar-refractivity contribution in [2.75, 3.05) is 26.7 Å². The van der Waals surface area contributed by atoms with Crippen LogP contribution in [-0.4, -0.2) is 66.6 Å². The van der Waals surface area contributed by atoms with Crippen LogP contribution in [0.3, 0.4) is 0 Å². The first-order valence-electron chi connectivity index (χ1n) is 12.5. The monoisotopic (exact) mass is 499 g/mol. The number of rotatable bonds is 7. The fourth-order valence-electron chi connectivity index (χ4n) is 4.88. The molecule has 0 amide bonds. The molecule has 35 heavy (non-hydrogen) atoms. The lowest BCUT2D eigenvalue weighted by molar-refractivity contribution is 0.0730. The first kappa shape index (κ1) is 25.8. The summed E-state index contributed by atoms with van der Waals surface area (Å²) < 4.78 is 35.3. The standard InChI is InChI=1S/C27H37N3O4S/c1-20-16-30(21(2)19-31)35(32,33)27-13-12-23(22-9-5-4-6-10-22)15-25(27)34-26(20)18-29(3)17-24-11-7-8-14-28-24/h7-9,11-15,20-21,26,31H,4-6,10,16-19H2,1-3H3/t20-,21+,26-/m0/s1. The Bertz CT molecular complexity index is 1140. The summed E-state index contributed by atoms with van der Waals surface area (Å²) in [6, 6.07) is 10.8. The van der Waals surface area contributed by atoms with Gasteiger partial charge < -0.3 is 9.84 Å². The topological polar surface area (TPSA) is 83.0 Å². The molecule has 8 heteroatoms. The van der Waals surface area contributed by atoms with Gasteiger partial charge >= 0.3 is 0 Å². The van der Waals surface area contributed by atoms with Crippen LogP contribution in [0.25, 0.3) is 5.57 Å². The lowest BCUT2D eigenvalue weighted by Crippen LogP contribution is -2.49. The zero-order chi connectivity index (χ0) is 25.0. The van der Waals surface area contributed by atoms with E-state index < -0.39 is 16.1 Å². The molecule has 0 radical (unpaired) electrons. The van der Waals surface area contributed by atoms with Gasteiger partial charge in [0, 0.05) is 37.8 Å². The number of aromatic nitrogens is 1. The van der Waals surface area contributed by atoms with Gasteiger partial charge in [-0.3, -0.25) is 9.88 Å². The van der Waals surface area contributed by atoms with Crippen molar-refractivity contribution in [2.45, 2.75) is 63.1 Å². The minimum Gasteiger partial charge on any atom is -0.487 e. The lowest BCUT2D eigenvalue weighted by atomic mass is 9.93. The number of hydrogen-bond donors (Lipinski definition) is 1. The van der Waals surface area contributed by atoms with Crippen molar-refractivity contribution >= 4 is 15.6 Å². The quantitative estimate of drug-likeness (QED) is 0.621. The highest BCUT2D eigenvalue weighted by molar-refractivity contribution is 7.89. The minimum absolute atomic E-state index is 0.0874. The normalized spacial score (nSPS) is 23.5. The Morgan fingerprint density at radius 2 is 2.09 bits per heavy atom. The maximum Gasteiger partial charge on any atom is 0.247 e. The van der Waals surface area contributed by atoms with Crippen LogP contribution >= 0.6 is 0 Å². The summed E-state index contributed by atoms with van der Waals surface area (Å²) in [7, 11) is -1.80. The molecule has 3 atom stereocenters. The number of benzene rings is 1. The number of aliphatic hydroxyl groups excluding tert-OH is 1. The van der Waals surface area contributed by atoms with Crippen molar-refractivity contribution in [1.29, 1.82) is 0 Å². The molecule has 0 saturated carbocycles. The predicted octanol–water partition coefficient (Wildman–Crippen LogP) is 3.94. The van der Waals surface area contributed by atoms with Crippen molar-refractivity contribution in [1.82, 2.24) is 14.2 Å². The molecule has 0 spiro atoms. The van der Waals surface area contributed by atoms with E-state index in [2.05, 4.69) is 16.0 Å². The van der Waals surface area contributed by atoms with Gasteiger partial charge in [-0.25, -0.2) is 8.42 Å². The van der Waals surface area contributed by atoms with Crippen molar-refractivity contribution in [3.8, 4) is 5.75 Å². The summed E-state index contributed by atoms with van der Waals surface area (Å²) in [5.41, 5.74) is 3.24. The van der Waals surface area contributed by atoms with E-state index in [0.717, 1.165) is 30.5 Å². The third-order valence-corrected chi connectivity index (χ3v) is 9.00. The Labute approximate surface area is 209 Å². The van der Waals surface area contributed by atoms with E-state index in [-0.39, 0.29) is 30.1 Å². The van der Waals surface area contributed by atoms with Gasteiger partial charge in [-0.1, -0.05) is 25.1 Å². The molecule has 0 bridgehead atoms. The molecule has 4 rings (SSSR count). The molecule has 2 aliphatic rings. The average molecular weight is 500 g/mol. The predicted molar refractivity (Wildman–Crippen MR) is 137 cm³/mol. The highest BCUT2D eigenvalue weighted by atomic mass is 32.2. The van der Waals surface area contributed by atoms with E-state index in [0.29, 0.717) is 18.8 Å². The number of likely N-dealkylation sites (N-methyl/N-ethyl adjacent to an activating group) is 1. The van der Waals surface area contributed by atoms with Gasteiger partial charge in [-0.2, -0.15) is 4.31 Å². The van der Waals surface area contributed by atoms with Crippen LogP contribution in [0.5, 0.6) is 5.75 Å². The maximum atomic E-state index is 13.7. The number of sulfonamides is 1. The van der Waals surface area contributed by atoms with Crippen LogP contribution in [0, 0.1) is 5.92 Å². The smallest absolute Gasteiger partial charge is 0.247 e. The van der Waals surface area contributed by atoms with E-state index >= 15 is 0 Å². The summed E-state index contributed by atoms with van der Waals surface area (Å²) >= 11 is 0. The Morgan fingerprint density at radius 3 is 2.77 bits per heavy atom. The molecule has 2 heterocycles. The third kappa shape index (κ3) is 5.94. The average Bonchev–Trinajstić information content (AvgIpc) is 2.86. The van der Waals surface area contributed by atoms with Crippen molar-refractivity contribution in [2.24, 2.45) is 5.92 Å². The molecule has 190 valence electrons. The van der Waals surface area contributed by atoms with Gasteiger partial charge in [0.25, 0.3) is 0 Å². The molecule has 1 aliphatic heterocycles. The first-order valence-corrected chi connectivity index (χ1v) is 13.9. The zero-order valence-corrected chi connectivity index (χ0v) is 21.7. The fourth-order valence-corrected chi connectivity index (χ4v) is 6.71. The first-order chi connectivity index (χ1) is 16.8. The molecule has 0 fully saturated rings. The molecule has 0 unspecified atom stereocenters. The van der Waals surface area contributed by atoms with Gasteiger partial charge in [-0.15, -0.1) is 0 Å². The van der Waals surface area contributed by atoms with Crippen LogP contribution in [-0.2, 0) is 16.6 Å². The van der Waals surface area contributed by atoms with Crippen LogP contribution in [0.1, 0.15) is 50.8 Å². The maximum absolute atomic E-state index is 13.7. The number of allylic oxidation sites excluding steroid dienone is 2. The number of fused-ring (bicyclic) bond motifs is 1. The van der Waals surface area contributed by atoms with Crippen LogP contribution < -0.4 is 4.74 Å². The number of pyridine rings is 1. The summed E-state index contributed by atoms with van der Waals surface area (Å²) in [6.07, 6.45) is 8.18. The number of aliphatic hydroxyl groups is 1. The Morgan fingerprint density at radius 1 is 1.26 bits per heavy atom. The Balaban J connectivity index is 1.69. The second-order valence-corrected chi connectivity index (χ2v) is 11.8. The second kappa shape index (κ2) is 11.2. The molecule has 2 aromatic rings. The number of ether oxygens (including phenoxy) is 1. The molecule has 7 nitrogen and oxygen atoms in total. The SMILES string of the molecule is C[C@H](CO)N1C[C@H](C)[C@H](CN(C)Cc2ccccn2)Oc2cc(C3=CCCCC3)ccc2S1(=O)=O. The van der Waals surface area contributed by atoms with Gasteiger partial charge in [0.2, 0.25) is 10.0 Å². The molecular formula is C27H37N3O4S. The molecule has 1 aromatic carbocycles. The van der Waals surface area contributed by atoms with Gasteiger partial charge in [0.05, 0.1) is 12.3 Å². The van der Waals surface area contributed by atoms with E-state index in [1.807, 2.05) is 44.3 Å². The minimum atomic E-state index is -3.83.